The number of hydrogen-bond donors (Lipinski definition) is 0. The minimum absolute atomic E-state index is 0.0675. The molecule has 0 N–H and O–H groups in total. The third-order valence-corrected chi connectivity index (χ3v) is 8.27. The maximum Gasteiger partial charge on any atom is 0.254 e. The topological polar surface area (TPSA) is 76.1 Å². The minimum atomic E-state index is -3.76. The number of amides is 1. The van der Waals surface area contributed by atoms with Gasteiger partial charge < -0.3 is 14.4 Å². The lowest BCUT2D eigenvalue weighted by atomic mass is 10.1. The molecule has 33 heavy (non-hydrogen) atoms. The van der Waals surface area contributed by atoms with Crippen LogP contribution in [0.2, 0.25) is 0 Å². The second-order valence-electron chi connectivity index (χ2n) is 8.70. The van der Waals surface area contributed by atoms with E-state index in [-0.39, 0.29) is 22.6 Å². The molecule has 2 fully saturated rings. The third kappa shape index (κ3) is 5.33. The fourth-order valence-electron chi connectivity index (χ4n) is 4.28. The van der Waals surface area contributed by atoms with Crippen LogP contribution >= 0.6 is 0 Å². The van der Waals surface area contributed by atoms with Crippen LogP contribution in [-0.4, -0.2) is 56.9 Å². The number of nitrogens with zero attached hydrogens (tertiary/aromatic N) is 2. The van der Waals surface area contributed by atoms with Gasteiger partial charge in [-0.25, -0.2) is 8.42 Å². The highest BCUT2D eigenvalue weighted by Crippen LogP contribution is 2.33. The van der Waals surface area contributed by atoms with Crippen LogP contribution in [0.25, 0.3) is 0 Å². The van der Waals surface area contributed by atoms with E-state index in [1.165, 1.54) is 17.5 Å². The Bertz CT molecular complexity index is 1070. The van der Waals surface area contributed by atoms with Gasteiger partial charge in [-0.15, -0.1) is 0 Å². The Balaban J connectivity index is 1.62. The second-order valence-corrected chi connectivity index (χ2v) is 10.6. The van der Waals surface area contributed by atoms with Crippen LogP contribution in [0.4, 0.5) is 0 Å². The number of hydrogen-bond acceptors (Lipinski definition) is 5. The van der Waals surface area contributed by atoms with Gasteiger partial charge in [-0.05, 0) is 61.6 Å². The quantitative estimate of drug-likeness (QED) is 0.579. The summed E-state index contributed by atoms with van der Waals surface area (Å²) in [7, 11) is -0.680. The van der Waals surface area contributed by atoms with Crippen molar-refractivity contribution < 1.29 is 22.7 Å². The molecule has 1 saturated carbocycles. The monoisotopic (exact) mass is 472 g/mol. The van der Waals surface area contributed by atoms with Crippen molar-refractivity contribution in [2.75, 3.05) is 27.3 Å². The summed E-state index contributed by atoms with van der Waals surface area (Å²) >= 11 is 0. The Morgan fingerprint density at radius 3 is 2.21 bits per heavy atom. The van der Waals surface area contributed by atoms with E-state index in [1.807, 2.05) is 29.2 Å². The standard InChI is InChI=1S/C25H32N2O5S/c1-31-22-12-7-19(8-13-22)18-27(21-10-11-21)25(28)20-9-14-23(32-2)24(17-20)33(29,30)26-15-5-3-4-6-16-26/h7-9,12-14,17,21H,3-6,10-11,15-16,18H2,1-2H3. The fraction of sp³-hybridized carbons (Fsp3) is 0.480. The maximum atomic E-state index is 13.5. The van der Waals surface area contributed by atoms with E-state index in [2.05, 4.69) is 0 Å². The number of sulfonamides is 1. The summed E-state index contributed by atoms with van der Waals surface area (Å²) in [4.78, 5) is 15.4. The van der Waals surface area contributed by atoms with Gasteiger partial charge in [0, 0.05) is 31.2 Å². The lowest BCUT2D eigenvalue weighted by molar-refractivity contribution is 0.0729. The molecule has 1 heterocycles. The number of rotatable bonds is 8. The highest BCUT2D eigenvalue weighted by molar-refractivity contribution is 7.89. The molecule has 2 aliphatic rings. The molecule has 0 atom stereocenters. The molecule has 178 valence electrons. The van der Waals surface area contributed by atoms with Crippen LogP contribution in [0.5, 0.6) is 11.5 Å². The summed E-state index contributed by atoms with van der Waals surface area (Å²) in [6, 6.07) is 12.6. The predicted molar refractivity (Wildman–Crippen MR) is 126 cm³/mol. The first-order valence-corrected chi connectivity index (χ1v) is 13.0. The van der Waals surface area contributed by atoms with E-state index in [0.29, 0.717) is 25.2 Å². The fourth-order valence-corrected chi connectivity index (χ4v) is 5.98. The van der Waals surface area contributed by atoms with E-state index in [0.717, 1.165) is 49.8 Å². The first-order chi connectivity index (χ1) is 15.9. The molecule has 0 radical (unpaired) electrons. The van der Waals surface area contributed by atoms with E-state index >= 15 is 0 Å². The lowest BCUT2D eigenvalue weighted by Gasteiger charge is -2.24. The maximum absolute atomic E-state index is 13.5. The molecule has 2 aromatic carbocycles. The first-order valence-electron chi connectivity index (χ1n) is 11.6. The highest BCUT2D eigenvalue weighted by atomic mass is 32.2. The van der Waals surface area contributed by atoms with E-state index in [9.17, 15) is 13.2 Å². The summed E-state index contributed by atoms with van der Waals surface area (Å²) in [5, 5.41) is 0. The van der Waals surface area contributed by atoms with Crippen LogP contribution in [0.1, 0.15) is 54.4 Å². The number of carbonyl (C=O) groups is 1. The van der Waals surface area contributed by atoms with Gasteiger partial charge in [0.2, 0.25) is 10.0 Å². The molecular weight excluding hydrogens is 440 g/mol. The summed E-state index contributed by atoms with van der Waals surface area (Å²) in [5.41, 5.74) is 1.37. The van der Waals surface area contributed by atoms with E-state index in [1.54, 1.807) is 19.2 Å². The van der Waals surface area contributed by atoms with Crippen LogP contribution < -0.4 is 9.47 Å². The smallest absolute Gasteiger partial charge is 0.254 e. The molecule has 7 nitrogen and oxygen atoms in total. The number of carbonyl (C=O) groups excluding carboxylic acids is 1. The van der Waals surface area contributed by atoms with Gasteiger partial charge in [0.15, 0.2) is 0 Å². The molecule has 2 aromatic rings. The van der Waals surface area contributed by atoms with E-state index < -0.39 is 10.0 Å². The molecular formula is C25H32N2O5S. The highest BCUT2D eigenvalue weighted by Gasteiger charge is 2.35. The molecule has 0 bridgehead atoms. The molecule has 0 unspecified atom stereocenters. The summed E-state index contributed by atoms with van der Waals surface area (Å²) < 4.78 is 39.1. The Labute approximate surface area is 196 Å². The zero-order valence-electron chi connectivity index (χ0n) is 19.3. The van der Waals surface area contributed by atoms with Gasteiger partial charge in [-0.3, -0.25) is 4.79 Å². The van der Waals surface area contributed by atoms with Crippen molar-refractivity contribution in [3.63, 3.8) is 0 Å². The van der Waals surface area contributed by atoms with Crippen LogP contribution in [0.3, 0.4) is 0 Å². The summed E-state index contributed by atoms with van der Waals surface area (Å²) in [6.45, 7) is 1.46. The molecule has 1 amide bonds. The largest absolute Gasteiger partial charge is 0.497 e. The van der Waals surface area contributed by atoms with Crippen molar-refractivity contribution in [1.82, 2.24) is 9.21 Å². The van der Waals surface area contributed by atoms with Gasteiger partial charge in [0.1, 0.15) is 16.4 Å². The van der Waals surface area contributed by atoms with Gasteiger partial charge in [0.05, 0.1) is 14.2 Å². The van der Waals surface area contributed by atoms with Crippen molar-refractivity contribution in [2.24, 2.45) is 0 Å². The van der Waals surface area contributed by atoms with Gasteiger partial charge in [-0.2, -0.15) is 4.31 Å². The normalized spacial score (nSPS) is 17.3. The summed E-state index contributed by atoms with van der Waals surface area (Å²) in [5.74, 6) is 0.869. The van der Waals surface area contributed by atoms with Gasteiger partial charge in [-0.1, -0.05) is 25.0 Å². The zero-order valence-corrected chi connectivity index (χ0v) is 20.1. The average Bonchev–Trinajstić information content (AvgIpc) is 3.69. The number of methoxy groups -OCH3 is 2. The zero-order chi connectivity index (χ0) is 23.4. The van der Waals surface area contributed by atoms with Crippen molar-refractivity contribution in [1.29, 1.82) is 0 Å². The molecule has 1 saturated heterocycles. The Morgan fingerprint density at radius 1 is 0.970 bits per heavy atom. The Kier molecular flexibility index (Phi) is 7.24. The van der Waals surface area contributed by atoms with Crippen LogP contribution in [0, 0.1) is 0 Å². The SMILES string of the molecule is COc1ccc(CN(C(=O)c2ccc(OC)c(S(=O)(=O)N3CCCCCC3)c2)C2CC2)cc1. The third-order valence-electron chi connectivity index (χ3n) is 6.35. The van der Waals surface area contributed by atoms with Crippen LogP contribution in [0.15, 0.2) is 47.4 Å². The molecule has 0 aromatic heterocycles. The first kappa shape index (κ1) is 23.6. The van der Waals surface area contributed by atoms with Crippen LogP contribution in [-0.2, 0) is 16.6 Å². The van der Waals surface area contributed by atoms with Gasteiger partial charge in [0.25, 0.3) is 5.91 Å². The number of benzene rings is 2. The van der Waals surface area contributed by atoms with E-state index in [4.69, 9.17) is 9.47 Å². The molecule has 0 spiro atoms. The lowest BCUT2D eigenvalue weighted by Crippen LogP contribution is -2.34. The molecule has 8 heteroatoms. The van der Waals surface area contributed by atoms with Crippen molar-refractivity contribution in [3.05, 3.63) is 53.6 Å². The second kappa shape index (κ2) is 10.1. The molecule has 1 aliphatic heterocycles. The van der Waals surface area contributed by atoms with Gasteiger partial charge >= 0.3 is 0 Å². The van der Waals surface area contributed by atoms with Crippen molar-refractivity contribution in [3.8, 4) is 11.5 Å². The summed E-state index contributed by atoms with van der Waals surface area (Å²) in [6.07, 6.45) is 5.66. The Morgan fingerprint density at radius 2 is 1.64 bits per heavy atom. The van der Waals surface area contributed by atoms with Crippen molar-refractivity contribution >= 4 is 15.9 Å². The minimum Gasteiger partial charge on any atom is -0.497 e. The van der Waals surface area contributed by atoms with Crippen molar-refractivity contribution in [2.45, 2.75) is 56.0 Å². The molecule has 4 rings (SSSR count). The average molecular weight is 473 g/mol. The number of ether oxygens (including phenoxy) is 2. The predicted octanol–water partition coefficient (Wildman–Crippen LogP) is 4.07. The Hall–Kier alpha value is -2.58. The molecule has 1 aliphatic carbocycles.